The van der Waals surface area contributed by atoms with E-state index >= 15 is 0 Å². The van der Waals surface area contributed by atoms with Crippen LogP contribution in [0.5, 0.6) is 5.75 Å². The van der Waals surface area contributed by atoms with E-state index in [-0.39, 0.29) is 41.2 Å². The second-order valence-electron chi connectivity index (χ2n) is 6.54. The fraction of sp³-hybridized carbons (Fsp3) is 0.500. The summed E-state index contributed by atoms with van der Waals surface area (Å²) in [5, 5.41) is 19.2. The minimum atomic E-state index is -0.296. The fourth-order valence-electron chi connectivity index (χ4n) is 3.05. The highest BCUT2D eigenvalue weighted by Gasteiger charge is 2.19. The Labute approximate surface area is 184 Å². The van der Waals surface area contributed by atoms with Crippen molar-refractivity contribution in [3.8, 4) is 5.75 Å². The summed E-state index contributed by atoms with van der Waals surface area (Å²) < 4.78 is 0. The Bertz CT molecular complexity index is 645. The molecule has 7 nitrogen and oxygen atoms in total. The summed E-state index contributed by atoms with van der Waals surface area (Å²) in [6, 6.07) is 6.91. The van der Waals surface area contributed by atoms with Gasteiger partial charge in [0, 0.05) is 38.8 Å². The topological polar surface area (TPSA) is 89.0 Å². The van der Waals surface area contributed by atoms with Crippen LogP contribution in [0.1, 0.15) is 30.1 Å². The third-order valence-corrected chi connectivity index (χ3v) is 4.48. The third-order valence-electron chi connectivity index (χ3n) is 4.48. The van der Waals surface area contributed by atoms with Crippen molar-refractivity contribution >= 4 is 35.8 Å². The van der Waals surface area contributed by atoms with Crippen LogP contribution in [0, 0.1) is 0 Å². The van der Waals surface area contributed by atoms with Crippen molar-refractivity contribution < 1.29 is 9.90 Å². The summed E-state index contributed by atoms with van der Waals surface area (Å²) >= 11 is 0. The van der Waals surface area contributed by atoms with Crippen molar-refractivity contribution in [2.24, 2.45) is 4.99 Å². The molecule has 1 heterocycles. The van der Waals surface area contributed by atoms with Gasteiger partial charge in [0.05, 0.1) is 12.1 Å². The van der Waals surface area contributed by atoms with Crippen molar-refractivity contribution in [1.82, 2.24) is 20.9 Å². The first-order valence-electron chi connectivity index (χ1n) is 9.58. The quantitative estimate of drug-likeness (QED) is 0.144. The lowest BCUT2D eigenvalue weighted by Gasteiger charge is -2.32. The molecule has 1 aliphatic heterocycles. The summed E-state index contributed by atoms with van der Waals surface area (Å²) in [5.74, 6) is 0.462. The minimum absolute atomic E-state index is 0. The summed E-state index contributed by atoms with van der Waals surface area (Å²) in [6.45, 7) is 10.5. The number of amides is 1. The number of nitrogens with zero attached hydrogens (tertiary/aromatic N) is 2. The number of carbonyl (C=O) groups is 1. The molecule has 0 atom stereocenters. The second kappa shape index (κ2) is 13.4. The van der Waals surface area contributed by atoms with Crippen molar-refractivity contribution in [2.75, 3.05) is 39.3 Å². The lowest BCUT2D eigenvalue weighted by Crippen LogP contribution is -2.48. The molecule has 1 fully saturated rings. The lowest BCUT2D eigenvalue weighted by molar-refractivity contribution is 0.0952. The van der Waals surface area contributed by atoms with E-state index < -0.39 is 0 Å². The molecule has 0 bridgehead atoms. The zero-order chi connectivity index (χ0) is 19.5. The van der Waals surface area contributed by atoms with E-state index in [0.29, 0.717) is 19.1 Å². The van der Waals surface area contributed by atoms with Crippen LogP contribution in [-0.2, 0) is 0 Å². The van der Waals surface area contributed by atoms with Gasteiger partial charge < -0.3 is 21.1 Å². The van der Waals surface area contributed by atoms with Gasteiger partial charge in [0.25, 0.3) is 5.91 Å². The molecule has 0 radical (unpaired) electrons. The van der Waals surface area contributed by atoms with Gasteiger partial charge in [-0.25, -0.2) is 0 Å². The molecule has 0 aliphatic carbocycles. The molecule has 2 rings (SSSR count). The van der Waals surface area contributed by atoms with E-state index in [1.54, 1.807) is 18.2 Å². The number of aromatic hydroxyl groups is 1. The molecule has 0 aromatic heterocycles. The van der Waals surface area contributed by atoms with Gasteiger partial charge in [-0.3, -0.25) is 14.7 Å². The predicted molar refractivity (Wildman–Crippen MR) is 125 cm³/mol. The van der Waals surface area contributed by atoms with E-state index in [0.717, 1.165) is 45.0 Å². The number of hydrogen-bond donors (Lipinski definition) is 4. The van der Waals surface area contributed by atoms with Gasteiger partial charge in [-0.15, -0.1) is 30.6 Å². The lowest BCUT2D eigenvalue weighted by atomic mass is 10.1. The number of halogens is 1. The predicted octanol–water partition coefficient (Wildman–Crippen LogP) is 1.95. The van der Waals surface area contributed by atoms with Crippen LogP contribution in [0.15, 0.2) is 41.9 Å². The maximum Gasteiger partial charge on any atom is 0.255 e. The number of likely N-dealkylation sites (tertiary alicyclic amines) is 1. The van der Waals surface area contributed by atoms with Crippen molar-refractivity contribution in [3.05, 3.63) is 42.5 Å². The first-order valence-corrected chi connectivity index (χ1v) is 9.58. The summed E-state index contributed by atoms with van der Waals surface area (Å²) in [4.78, 5) is 19.0. The number of hydrogen-bond acceptors (Lipinski definition) is 4. The van der Waals surface area contributed by atoms with Gasteiger partial charge in [0.15, 0.2) is 5.96 Å². The van der Waals surface area contributed by atoms with Crippen LogP contribution in [-0.4, -0.2) is 67.2 Å². The molecule has 1 amide bonds. The number of phenolic OH excluding ortho intramolecular Hbond substituents is 1. The monoisotopic (exact) mass is 501 g/mol. The minimum Gasteiger partial charge on any atom is -0.507 e. The Kier molecular flexibility index (Phi) is 11.6. The van der Waals surface area contributed by atoms with Crippen LogP contribution in [0.4, 0.5) is 0 Å². The molecule has 28 heavy (non-hydrogen) atoms. The van der Waals surface area contributed by atoms with Gasteiger partial charge in [0.1, 0.15) is 5.75 Å². The zero-order valence-electron chi connectivity index (χ0n) is 16.5. The van der Waals surface area contributed by atoms with Crippen LogP contribution in [0.2, 0.25) is 0 Å². The Morgan fingerprint density at radius 3 is 2.68 bits per heavy atom. The van der Waals surface area contributed by atoms with E-state index in [1.807, 2.05) is 13.0 Å². The van der Waals surface area contributed by atoms with E-state index in [9.17, 15) is 9.90 Å². The molecule has 1 aromatic rings. The number of nitrogens with one attached hydrogen (secondary N) is 3. The van der Waals surface area contributed by atoms with Gasteiger partial charge >= 0.3 is 0 Å². The molecule has 156 valence electrons. The first-order chi connectivity index (χ1) is 13.1. The number of benzene rings is 1. The second-order valence-corrected chi connectivity index (χ2v) is 6.54. The van der Waals surface area contributed by atoms with Crippen LogP contribution >= 0.6 is 24.0 Å². The number of piperidine rings is 1. The Morgan fingerprint density at radius 1 is 1.32 bits per heavy atom. The molecule has 1 aromatic carbocycles. The Balaban J connectivity index is 0.00000392. The summed E-state index contributed by atoms with van der Waals surface area (Å²) in [5.41, 5.74) is 0.276. The molecule has 8 heteroatoms. The maximum absolute atomic E-state index is 12.1. The molecule has 0 saturated carbocycles. The van der Waals surface area contributed by atoms with Crippen molar-refractivity contribution in [2.45, 2.75) is 25.8 Å². The first kappa shape index (κ1) is 24.2. The summed E-state index contributed by atoms with van der Waals surface area (Å²) in [7, 11) is 0. The normalized spacial score (nSPS) is 15.4. The number of para-hydroxylation sites is 1. The largest absolute Gasteiger partial charge is 0.507 e. The fourth-order valence-corrected chi connectivity index (χ4v) is 3.05. The van der Waals surface area contributed by atoms with Crippen LogP contribution in [0.25, 0.3) is 0 Å². The standard InChI is InChI=1S/C20H31N5O2.HI/c1-3-13-25-14-9-16(10-15-25)24-20(21-4-2)23-12-11-22-19(27)17-7-5-6-8-18(17)26;/h3,5-8,16,26H,1,4,9-15H2,2H3,(H,22,27)(H2,21,23,24);1H. The molecule has 1 aliphatic rings. The number of rotatable bonds is 8. The van der Waals surface area contributed by atoms with Gasteiger partial charge in [-0.2, -0.15) is 0 Å². The van der Waals surface area contributed by atoms with Gasteiger partial charge in [0.2, 0.25) is 0 Å². The molecule has 1 saturated heterocycles. The smallest absolute Gasteiger partial charge is 0.255 e. The molecule has 0 spiro atoms. The van der Waals surface area contributed by atoms with Gasteiger partial charge in [-0.1, -0.05) is 18.2 Å². The maximum atomic E-state index is 12.1. The summed E-state index contributed by atoms with van der Waals surface area (Å²) in [6.07, 6.45) is 4.09. The SMILES string of the molecule is C=CCN1CCC(NC(=NCCNC(=O)c2ccccc2O)NCC)CC1.I. The Hall–Kier alpha value is -1.81. The molecular formula is C20H32IN5O2. The van der Waals surface area contributed by atoms with Crippen molar-refractivity contribution in [3.63, 3.8) is 0 Å². The highest BCUT2D eigenvalue weighted by Crippen LogP contribution is 2.14. The number of phenols is 1. The number of carbonyl (C=O) groups excluding carboxylic acids is 1. The molecular weight excluding hydrogens is 469 g/mol. The third kappa shape index (κ3) is 8.05. The van der Waals surface area contributed by atoms with E-state index in [4.69, 9.17) is 0 Å². The number of guanidine groups is 1. The van der Waals surface area contributed by atoms with Crippen LogP contribution in [0.3, 0.4) is 0 Å². The average molecular weight is 501 g/mol. The molecule has 0 unspecified atom stereocenters. The highest BCUT2D eigenvalue weighted by molar-refractivity contribution is 14.0. The molecule has 4 N–H and O–H groups in total. The van der Waals surface area contributed by atoms with Crippen molar-refractivity contribution in [1.29, 1.82) is 0 Å². The number of aliphatic imine (C=N–C) groups is 1. The highest BCUT2D eigenvalue weighted by atomic mass is 127. The zero-order valence-corrected chi connectivity index (χ0v) is 18.8. The van der Waals surface area contributed by atoms with Gasteiger partial charge in [-0.05, 0) is 31.9 Å². The van der Waals surface area contributed by atoms with E-state index in [1.165, 1.54) is 6.07 Å². The average Bonchev–Trinajstić information content (AvgIpc) is 2.67. The van der Waals surface area contributed by atoms with Crippen LogP contribution < -0.4 is 16.0 Å². The van der Waals surface area contributed by atoms with E-state index in [2.05, 4.69) is 32.4 Å². The Morgan fingerprint density at radius 2 is 2.04 bits per heavy atom.